The molecule has 0 fully saturated rings. The van der Waals surface area contributed by atoms with E-state index < -0.39 is 0 Å². The molecule has 0 bridgehead atoms. The largest absolute Gasteiger partial charge is 0.314 e. The zero-order chi connectivity index (χ0) is 39.7. The van der Waals surface area contributed by atoms with Gasteiger partial charge in [0.15, 0.2) is 0 Å². The van der Waals surface area contributed by atoms with Crippen molar-refractivity contribution in [1.82, 2.24) is 0 Å². The van der Waals surface area contributed by atoms with Gasteiger partial charge in [0.2, 0.25) is 0 Å². The second-order valence-corrected chi connectivity index (χ2v) is 17.5. The van der Waals surface area contributed by atoms with Gasteiger partial charge >= 0.3 is 0 Å². The molecule has 1 heteroatoms. The zero-order valence-electron chi connectivity index (χ0n) is 34.3. The summed E-state index contributed by atoms with van der Waals surface area (Å²) in [5.74, 6) is 0.201. The highest BCUT2D eigenvalue weighted by molar-refractivity contribution is 5.98. The van der Waals surface area contributed by atoms with Crippen molar-refractivity contribution < 1.29 is 0 Å². The number of hydrogen-bond donors (Lipinski definition) is 0. The third-order valence-corrected chi connectivity index (χ3v) is 13.7. The average molecular weight is 760 g/mol. The van der Waals surface area contributed by atoms with Crippen LogP contribution < -0.4 is 15.3 Å². The van der Waals surface area contributed by atoms with Crippen LogP contribution in [0, 0.1) is 0 Å². The Morgan fingerprint density at radius 2 is 1.25 bits per heavy atom. The Morgan fingerprint density at radius 3 is 2.02 bits per heavy atom. The van der Waals surface area contributed by atoms with Crippen LogP contribution in [-0.2, 0) is 11.8 Å². The Kier molecular flexibility index (Phi) is 8.55. The van der Waals surface area contributed by atoms with Gasteiger partial charge in [-0.1, -0.05) is 165 Å². The third kappa shape index (κ3) is 5.82. The molecule has 0 radical (unpaired) electrons. The van der Waals surface area contributed by atoms with E-state index >= 15 is 0 Å². The first-order valence-electron chi connectivity index (χ1n) is 21.5. The first-order valence-corrected chi connectivity index (χ1v) is 21.5. The topological polar surface area (TPSA) is 3.24 Å². The maximum Gasteiger partial charge on any atom is 0.0464 e. The standard InChI is InChI=1S/C58H49N/c1-38-27-29-42(30-28-38)59(44-31-33-47-46-24-15-16-26-53(46)58(2,3)54(47)36-44)43-32-34-49-52(35-43)45-23-13-14-25-48(45)56-51(40-19-9-5-10-20-40)37-50(39-17-7-4-8-18-39)55(57(49)56)41-21-11-6-12-22-41/h4-12,14-22,24-27,29,31-36,50H,13,23,28,30,37H2,1-3H3. The maximum atomic E-state index is 2.57. The molecule has 4 aliphatic rings. The lowest BCUT2D eigenvalue weighted by Gasteiger charge is -2.32. The molecule has 0 aromatic heterocycles. The lowest BCUT2D eigenvalue weighted by Crippen LogP contribution is -2.39. The Balaban J connectivity index is 1.23. The van der Waals surface area contributed by atoms with Crippen molar-refractivity contribution in [1.29, 1.82) is 0 Å². The van der Waals surface area contributed by atoms with Crippen LogP contribution in [0.1, 0.15) is 91.3 Å². The fraction of sp³-hybridized carbons (Fsp3) is 0.172. The first-order chi connectivity index (χ1) is 29.0. The first kappa shape index (κ1) is 35.7. The minimum atomic E-state index is -0.0785. The van der Waals surface area contributed by atoms with Crippen LogP contribution in [0.4, 0.5) is 11.4 Å². The van der Waals surface area contributed by atoms with Crippen LogP contribution in [0.5, 0.6) is 0 Å². The van der Waals surface area contributed by atoms with Crippen molar-refractivity contribution in [2.45, 2.75) is 64.2 Å². The third-order valence-electron chi connectivity index (χ3n) is 13.7. The SMILES string of the molecule is CC1=CC=C(N(c2ccc3c(c2)C(C)(C)c2ccccc2-3)c2ccc3c4c(c5c(c3c2)CCC=C5)=C(c2ccccc2)CC(c2ccccc2)C=4c2ccccc2)CC1. The van der Waals surface area contributed by atoms with Gasteiger partial charge in [-0.15, -0.1) is 0 Å². The second-order valence-electron chi connectivity index (χ2n) is 17.5. The molecule has 7 aromatic rings. The van der Waals surface area contributed by atoms with Gasteiger partial charge in [-0.05, 0) is 152 Å². The number of aryl methyl sites for hydroxylation is 1. The second kappa shape index (κ2) is 14.1. The fourth-order valence-corrected chi connectivity index (χ4v) is 10.8. The van der Waals surface area contributed by atoms with Crippen molar-refractivity contribution in [3.05, 3.63) is 231 Å². The van der Waals surface area contributed by atoms with Gasteiger partial charge < -0.3 is 4.90 Å². The summed E-state index contributed by atoms with van der Waals surface area (Å²) in [5, 5.41) is 5.53. The average Bonchev–Trinajstić information content (AvgIpc) is 3.52. The van der Waals surface area contributed by atoms with Gasteiger partial charge in [-0.3, -0.25) is 0 Å². The van der Waals surface area contributed by atoms with Crippen LogP contribution in [0.3, 0.4) is 0 Å². The van der Waals surface area contributed by atoms with Crippen molar-refractivity contribution in [2.75, 3.05) is 4.90 Å². The molecular weight excluding hydrogens is 711 g/mol. The lowest BCUT2D eigenvalue weighted by molar-refractivity contribution is 0.660. The van der Waals surface area contributed by atoms with E-state index in [1.807, 2.05) is 0 Å². The summed E-state index contributed by atoms with van der Waals surface area (Å²) in [6.45, 7) is 7.04. The van der Waals surface area contributed by atoms with Gasteiger partial charge in [-0.25, -0.2) is 0 Å². The van der Waals surface area contributed by atoms with E-state index in [2.05, 4.69) is 202 Å². The number of nitrogens with zero attached hydrogens (tertiary/aromatic N) is 1. The van der Waals surface area contributed by atoms with Gasteiger partial charge in [0, 0.05) is 28.4 Å². The van der Waals surface area contributed by atoms with Crippen LogP contribution in [-0.4, -0.2) is 0 Å². The highest BCUT2D eigenvalue weighted by atomic mass is 15.1. The molecule has 0 N–H and O–H groups in total. The molecule has 1 nitrogen and oxygen atoms in total. The molecule has 0 spiro atoms. The Bertz CT molecular complexity index is 3030. The summed E-state index contributed by atoms with van der Waals surface area (Å²) in [4.78, 5) is 2.57. The van der Waals surface area contributed by atoms with Gasteiger partial charge in [0.25, 0.3) is 0 Å². The molecule has 1 unspecified atom stereocenters. The van der Waals surface area contributed by atoms with E-state index in [-0.39, 0.29) is 11.3 Å². The predicted octanol–water partition coefficient (Wildman–Crippen LogP) is 13.5. The monoisotopic (exact) mass is 759 g/mol. The van der Waals surface area contributed by atoms with Crippen molar-refractivity contribution >= 4 is 39.4 Å². The Morgan fingerprint density at radius 1 is 0.576 bits per heavy atom. The minimum absolute atomic E-state index is 0.0785. The minimum Gasteiger partial charge on any atom is -0.314 e. The molecule has 0 amide bonds. The number of allylic oxidation sites excluding steroid dienone is 5. The van der Waals surface area contributed by atoms with Crippen molar-refractivity contribution in [3.8, 4) is 11.1 Å². The van der Waals surface area contributed by atoms with Crippen LogP contribution >= 0.6 is 0 Å². The van der Waals surface area contributed by atoms with Crippen LogP contribution in [0.15, 0.2) is 181 Å². The molecular formula is C58H49N. The molecule has 0 saturated carbocycles. The van der Waals surface area contributed by atoms with E-state index in [9.17, 15) is 0 Å². The van der Waals surface area contributed by atoms with Gasteiger partial charge in [-0.2, -0.15) is 0 Å². The number of anilines is 2. The summed E-state index contributed by atoms with van der Waals surface area (Å²) < 4.78 is 0. The van der Waals surface area contributed by atoms with Gasteiger partial charge in [0.05, 0.1) is 0 Å². The van der Waals surface area contributed by atoms with Crippen molar-refractivity contribution in [3.63, 3.8) is 0 Å². The van der Waals surface area contributed by atoms with E-state index in [4.69, 9.17) is 0 Å². The molecule has 4 aliphatic carbocycles. The number of rotatable bonds is 6. The smallest absolute Gasteiger partial charge is 0.0464 e. The van der Waals surface area contributed by atoms with Crippen LogP contribution in [0.2, 0.25) is 0 Å². The normalized spacial score (nSPS) is 17.4. The Labute approximate surface area is 348 Å². The number of hydrogen-bond acceptors (Lipinski definition) is 1. The summed E-state index contributed by atoms with van der Waals surface area (Å²) in [5.41, 5.74) is 20.4. The lowest BCUT2D eigenvalue weighted by atomic mass is 9.73. The molecule has 0 aliphatic heterocycles. The molecule has 286 valence electrons. The van der Waals surface area contributed by atoms with E-state index in [0.717, 1.165) is 32.1 Å². The molecule has 0 heterocycles. The van der Waals surface area contributed by atoms with E-state index in [0.29, 0.717) is 0 Å². The molecule has 0 saturated heterocycles. The zero-order valence-corrected chi connectivity index (χ0v) is 34.3. The molecule has 59 heavy (non-hydrogen) atoms. The van der Waals surface area contributed by atoms with E-state index in [1.54, 1.807) is 0 Å². The predicted molar refractivity (Wildman–Crippen MR) is 249 cm³/mol. The maximum absolute atomic E-state index is 2.57. The molecule has 7 aromatic carbocycles. The summed E-state index contributed by atoms with van der Waals surface area (Å²) in [6, 6.07) is 57.3. The number of fused-ring (bicyclic) bond motifs is 9. The number of benzene rings is 7. The summed E-state index contributed by atoms with van der Waals surface area (Å²) >= 11 is 0. The summed E-state index contributed by atoms with van der Waals surface area (Å²) in [6.07, 6.45) is 14.7. The summed E-state index contributed by atoms with van der Waals surface area (Å²) in [7, 11) is 0. The molecule has 11 rings (SSSR count). The van der Waals surface area contributed by atoms with Crippen LogP contribution in [0.25, 0.3) is 39.1 Å². The fourth-order valence-electron chi connectivity index (χ4n) is 10.8. The van der Waals surface area contributed by atoms with E-state index in [1.165, 1.54) is 105 Å². The van der Waals surface area contributed by atoms with Gasteiger partial charge in [0.1, 0.15) is 0 Å². The quantitative estimate of drug-likeness (QED) is 0.163. The molecule has 1 atom stereocenters. The highest BCUT2D eigenvalue weighted by Gasteiger charge is 2.36. The Hall–Kier alpha value is -6.44. The highest BCUT2D eigenvalue weighted by Crippen LogP contribution is 2.51. The van der Waals surface area contributed by atoms with Crippen molar-refractivity contribution in [2.24, 2.45) is 0 Å².